The maximum absolute atomic E-state index is 12.4. The topological polar surface area (TPSA) is 46.9 Å². The van der Waals surface area contributed by atoms with Crippen LogP contribution in [0.4, 0.5) is 5.82 Å². The molecule has 1 N–H and O–H groups in total. The van der Waals surface area contributed by atoms with Crippen molar-refractivity contribution in [1.82, 2.24) is 4.90 Å². The van der Waals surface area contributed by atoms with Crippen LogP contribution in [0.2, 0.25) is 0 Å². The molecule has 0 atom stereocenters. The largest absolute Gasteiger partial charge is 0.484 e. The zero-order chi connectivity index (χ0) is 17.6. The fourth-order valence-electron chi connectivity index (χ4n) is 2.96. The zero-order valence-corrected chi connectivity index (χ0v) is 14.9. The number of H-pyrrole nitrogens is 1. The SMILES string of the molecule is CC(C)c1ccc(OCC(=O)N2CCN(c3cccc[nH+]3)CC2)cc1. The Kier molecular flexibility index (Phi) is 5.53. The second kappa shape index (κ2) is 8.01. The molecule has 132 valence electrons. The summed E-state index contributed by atoms with van der Waals surface area (Å²) < 4.78 is 5.66. The lowest BCUT2D eigenvalue weighted by Crippen LogP contribution is -2.51. The van der Waals surface area contributed by atoms with Gasteiger partial charge in [0.15, 0.2) is 6.61 Å². The molecule has 0 aliphatic carbocycles. The predicted octanol–water partition coefficient (Wildman–Crippen LogP) is 2.35. The van der Waals surface area contributed by atoms with E-state index >= 15 is 0 Å². The number of carbonyl (C=O) groups is 1. The molecule has 2 heterocycles. The minimum absolute atomic E-state index is 0.0460. The van der Waals surface area contributed by atoms with Gasteiger partial charge in [-0.1, -0.05) is 32.0 Å². The average Bonchev–Trinajstić information content (AvgIpc) is 2.67. The van der Waals surface area contributed by atoms with Crippen LogP contribution in [0.3, 0.4) is 0 Å². The van der Waals surface area contributed by atoms with Gasteiger partial charge in [-0.15, -0.1) is 0 Å². The molecule has 1 fully saturated rings. The Bertz CT molecular complexity index is 678. The first-order chi connectivity index (χ1) is 12.1. The number of carbonyl (C=O) groups excluding carboxylic acids is 1. The van der Waals surface area contributed by atoms with Gasteiger partial charge in [0.05, 0.1) is 19.3 Å². The molecule has 1 saturated heterocycles. The van der Waals surface area contributed by atoms with E-state index in [0.717, 1.165) is 37.7 Å². The number of nitrogens with zero attached hydrogens (tertiary/aromatic N) is 2. The lowest BCUT2D eigenvalue weighted by molar-refractivity contribution is -0.364. The highest BCUT2D eigenvalue weighted by Gasteiger charge is 2.26. The van der Waals surface area contributed by atoms with Gasteiger partial charge < -0.3 is 9.64 Å². The molecule has 0 bridgehead atoms. The van der Waals surface area contributed by atoms with Gasteiger partial charge in [-0.2, -0.15) is 0 Å². The Balaban J connectivity index is 1.46. The van der Waals surface area contributed by atoms with Crippen molar-refractivity contribution in [3.05, 3.63) is 54.2 Å². The van der Waals surface area contributed by atoms with Gasteiger partial charge in [0, 0.05) is 6.07 Å². The van der Waals surface area contributed by atoms with Crippen molar-refractivity contribution in [2.24, 2.45) is 0 Å². The Labute approximate surface area is 149 Å². The lowest BCUT2D eigenvalue weighted by Gasteiger charge is -2.30. The van der Waals surface area contributed by atoms with Crippen molar-refractivity contribution in [3.8, 4) is 5.75 Å². The summed E-state index contributed by atoms with van der Waals surface area (Å²) in [5, 5.41) is 0. The summed E-state index contributed by atoms with van der Waals surface area (Å²) in [6, 6.07) is 14.0. The highest BCUT2D eigenvalue weighted by atomic mass is 16.5. The van der Waals surface area contributed by atoms with Gasteiger partial charge >= 0.3 is 0 Å². The smallest absolute Gasteiger partial charge is 0.274 e. The number of pyridine rings is 1. The quantitative estimate of drug-likeness (QED) is 0.839. The van der Waals surface area contributed by atoms with Crippen molar-refractivity contribution >= 4 is 11.7 Å². The first-order valence-corrected chi connectivity index (χ1v) is 8.85. The highest BCUT2D eigenvalue weighted by molar-refractivity contribution is 5.78. The molecule has 25 heavy (non-hydrogen) atoms. The number of hydrogen-bond acceptors (Lipinski definition) is 3. The normalized spacial score (nSPS) is 14.7. The van der Waals surface area contributed by atoms with Gasteiger partial charge in [-0.25, -0.2) is 4.98 Å². The summed E-state index contributed by atoms with van der Waals surface area (Å²) in [5.41, 5.74) is 1.27. The molecule has 1 amide bonds. The Morgan fingerprint density at radius 3 is 2.40 bits per heavy atom. The average molecular weight is 340 g/mol. The summed E-state index contributed by atoms with van der Waals surface area (Å²) in [7, 11) is 0. The van der Waals surface area contributed by atoms with Gasteiger partial charge in [-0.3, -0.25) is 9.69 Å². The van der Waals surface area contributed by atoms with Crippen LogP contribution < -0.4 is 14.6 Å². The predicted molar refractivity (Wildman–Crippen MR) is 97.8 cm³/mol. The number of rotatable bonds is 5. The molecule has 2 aromatic rings. The van der Waals surface area contributed by atoms with Gasteiger partial charge in [0.2, 0.25) is 0 Å². The standard InChI is InChI=1S/C20H25N3O2/c1-16(2)17-6-8-18(9-7-17)25-15-20(24)23-13-11-22(12-14-23)19-5-3-4-10-21-19/h3-10,16H,11-15H2,1-2H3/p+1. The second-order valence-corrected chi connectivity index (χ2v) is 6.63. The van der Waals surface area contributed by atoms with Gasteiger partial charge in [0.25, 0.3) is 11.7 Å². The van der Waals surface area contributed by atoms with E-state index in [1.54, 1.807) is 0 Å². The van der Waals surface area contributed by atoms with E-state index in [9.17, 15) is 4.79 Å². The monoisotopic (exact) mass is 340 g/mol. The lowest BCUT2D eigenvalue weighted by atomic mass is 10.0. The van der Waals surface area contributed by atoms with Crippen LogP contribution in [0.25, 0.3) is 0 Å². The minimum Gasteiger partial charge on any atom is -0.484 e. The Morgan fingerprint density at radius 1 is 1.08 bits per heavy atom. The molecule has 0 unspecified atom stereocenters. The molecule has 1 aliphatic heterocycles. The molecule has 5 nitrogen and oxygen atoms in total. The number of anilines is 1. The molecule has 0 saturated carbocycles. The molecule has 5 heteroatoms. The van der Waals surface area contributed by atoms with Crippen molar-refractivity contribution in [1.29, 1.82) is 0 Å². The Morgan fingerprint density at radius 2 is 1.80 bits per heavy atom. The molecule has 1 aliphatic rings. The Hall–Kier alpha value is -2.56. The van der Waals surface area contributed by atoms with E-state index in [1.807, 2.05) is 35.4 Å². The van der Waals surface area contributed by atoms with Crippen LogP contribution in [-0.4, -0.2) is 43.6 Å². The minimum atomic E-state index is 0.0460. The van der Waals surface area contributed by atoms with E-state index in [1.165, 1.54) is 5.56 Å². The number of aromatic nitrogens is 1. The second-order valence-electron chi connectivity index (χ2n) is 6.63. The number of hydrogen-bond donors (Lipinski definition) is 0. The molecule has 1 aromatic carbocycles. The third-order valence-corrected chi connectivity index (χ3v) is 4.57. The van der Waals surface area contributed by atoms with E-state index in [2.05, 4.69) is 41.9 Å². The van der Waals surface area contributed by atoms with Gasteiger partial charge in [-0.05, 0) is 29.7 Å². The molecule has 0 radical (unpaired) electrons. The van der Waals surface area contributed by atoms with Crippen LogP contribution in [0.1, 0.15) is 25.3 Å². The third kappa shape index (κ3) is 4.50. The van der Waals surface area contributed by atoms with Crippen LogP contribution in [0.15, 0.2) is 48.7 Å². The number of amides is 1. The van der Waals surface area contributed by atoms with Crippen LogP contribution in [0.5, 0.6) is 5.75 Å². The zero-order valence-electron chi connectivity index (χ0n) is 14.9. The van der Waals surface area contributed by atoms with Crippen molar-refractivity contribution in [3.63, 3.8) is 0 Å². The molecular formula is C20H26N3O2+. The first-order valence-electron chi connectivity index (χ1n) is 8.85. The summed E-state index contributed by atoms with van der Waals surface area (Å²) in [5.74, 6) is 2.38. The van der Waals surface area contributed by atoms with Crippen molar-refractivity contribution in [2.75, 3.05) is 37.7 Å². The molecular weight excluding hydrogens is 314 g/mol. The molecule has 0 spiro atoms. The summed E-state index contributed by atoms with van der Waals surface area (Å²) in [4.78, 5) is 19.7. The number of ether oxygens (including phenoxy) is 1. The van der Waals surface area contributed by atoms with E-state index < -0.39 is 0 Å². The van der Waals surface area contributed by atoms with Crippen LogP contribution in [0, 0.1) is 0 Å². The van der Waals surface area contributed by atoms with Crippen molar-refractivity contribution < 1.29 is 14.5 Å². The third-order valence-electron chi connectivity index (χ3n) is 4.57. The maximum Gasteiger partial charge on any atom is 0.274 e. The summed E-state index contributed by atoms with van der Waals surface area (Å²) in [6.07, 6.45) is 1.92. The fraction of sp³-hybridized carbons (Fsp3) is 0.400. The van der Waals surface area contributed by atoms with Crippen molar-refractivity contribution in [2.45, 2.75) is 19.8 Å². The first kappa shape index (κ1) is 17.3. The van der Waals surface area contributed by atoms with Crippen LogP contribution in [-0.2, 0) is 4.79 Å². The van der Waals surface area contributed by atoms with Gasteiger partial charge in [0.1, 0.15) is 18.8 Å². The summed E-state index contributed by atoms with van der Waals surface area (Å²) in [6.45, 7) is 7.51. The molecule has 3 rings (SSSR count). The van der Waals surface area contributed by atoms with Crippen LogP contribution >= 0.6 is 0 Å². The van der Waals surface area contributed by atoms with E-state index in [-0.39, 0.29) is 12.5 Å². The summed E-state index contributed by atoms with van der Waals surface area (Å²) >= 11 is 0. The number of piperazine rings is 1. The van der Waals surface area contributed by atoms with E-state index in [0.29, 0.717) is 5.92 Å². The fourth-order valence-corrected chi connectivity index (χ4v) is 2.96. The number of benzene rings is 1. The highest BCUT2D eigenvalue weighted by Crippen LogP contribution is 2.18. The number of nitrogens with one attached hydrogen (secondary N) is 1. The van der Waals surface area contributed by atoms with E-state index in [4.69, 9.17) is 4.74 Å². The number of aromatic amines is 1. The molecule has 1 aromatic heterocycles. The maximum atomic E-state index is 12.4.